The summed E-state index contributed by atoms with van der Waals surface area (Å²) in [5.41, 5.74) is 1.18. The summed E-state index contributed by atoms with van der Waals surface area (Å²) in [7, 11) is 2.21. The predicted octanol–water partition coefficient (Wildman–Crippen LogP) is 2.36. The van der Waals surface area contributed by atoms with Gasteiger partial charge in [-0.1, -0.05) is 0 Å². The Kier molecular flexibility index (Phi) is 2.79. The van der Waals surface area contributed by atoms with Crippen LogP contribution in [0.15, 0.2) is 24.3 Å². The molecule has 2 aliphatic heterocycles. The molecule has 2 nitrogen and oxygen atoms in total. The van der Waals surface area contributed by atoms with E-state index in [0.29, 0.717) is 6.04 Å². The molecule has 1 aromatic carbocycles. The fourth-order valence-corrected chi connectivity index (χ4v) is 3.32. The van der Waals surface area contributed by atoms with Crippen LogP contribution in [0, 0.1) is 11.7 Å². The maximum atomic E-state index is 12.9. The molecule has 0 N–H and O–H groups in total. The molecule has 0 spiro atoms. The van der Waals surface area contributed by atoms with Gasteiger partial charge in [0.25, 0.3) is 0 Å². The number of anilines is 1. The second kappa shape index (κ2) is 4.30. The van der Waals surface area contributed by atoms with Crippen molar-refractivity contribution in [2.45, 2.75) is 18.9 Å². The lowest BCUT2D eigenvalue weighted by atomic mass is 9.93. The van der Waals surface area contributed by atoms with Crippen LogP contribution in [0.1, 0.15) is 12.8 Å². The number of hydrogen-bond acceptors (Lipinski definition) is 2. The Bertz CT molecular complexity index is 390. The van der Waals surface area contributed by atoms with Gasteiger partial charge in [0, 0.05) is 24.8 Å². The molecule has 17 heavy (non-hydrogen) atoms. The molecule has 0 amide bonds. The van der Waals surface area contributed by atoms with E-state index >= 15 is 0 Å². The second-order valence-corrected chi connectivity index (χ2v) is 5.34. The van der Waals surface area contributed by atoms with Crippen LogP contribution in [-0.4, -0.2) is 37.6 Å². The van der Waals surface area contributed by atoms with Gasteiger partial charge in [-0.2, -0.15) is 0 Å². The van der Waals surface area contributed by atoms with Crippen LogP contribution in [0.4, 0.5) is 10.1 Å². The minimum absolute atomic E-state index is 0.145. The van der Waals surface area contributed by atoms with Gasteiger partial charge >= 0.3 is 0 Å². The van der Waals surface area contributed by atoms with E-state index in [-0.39, 0.29) is 5.82 Å². The molecule has 3 rings (SSSR count). The number of benzene rings is 1. The van der Waals surface area contributed by atoms with Crippen molar-refractivity contribution >= 4 is 5.69 Å². The summed E-state index contributed by atoms with van der Waals surface area (Å²) in [6.07, 6.45) is 2.50. The Hall–Kier alpha value is -1.09. The first-order chi connectivity index (χ1) is 8.24. The quantitative estimate of drug-likeness (QED) is 0.736. The number of likely N-dealkylation sites (tertiary alicyclic amines) is 1. The minimum atomic E-state index is -0.145. The first-order valence-electron chi connectivity index (χ1n) is 6.45. The lowest BCUT2D eigenvalue weighted by molar-refractivity contribution is 0.202. The van der Waals surface area contributed by atoms with Gasteiger partial charge < -0.3 is 9.80 Å². The first-order valence-corrected chi connectivity index (χ1v) is 6.45. The van der Waals surface area contributed by atoms with Gasteiger partial charge in [0.2, 0.25) is 0 Å². The SMILES string of the molecule is CN1CC[C@@H]2[C@@H](CCN2c2ccc(F)cc2)C1. The topological polar surface area (TPSA) is 6.48 Å². The van der Waals surface area contributed by atoms with Crippen LogP contribution in [0.3, 0.4) is 0 Å². The van der Waals surface area contributed by atoms with E-state index in [4.69, 9.17) is 0 Å². The van der Waals surface area contributed by atoms with Crippen molar-refractivity contribution in [3.63, 3.8) is 0 Å². The summed E-state index contributed by atoms with van der Waals surface area (Å²) in [6.45, 7) is 3.51. The lowest BCUT2D eigenvalue weighted by Crippen LogP contribution is -2.44. The van der Waals surface area contributed by atoms with Crippen molar-refractivity contribution in [2.75, 3.05) is 31.6 Å². The van der Waals surface area contributed by atoms with Crippen LogP contribution < -0.4 is 4.90 Å². The predicted molar refractivity (Wildman–Crippen MR) is 67.8 cm³/mol. The zero-order valence-electron chi connectivity index (χ0n) is 10.3. The van der Waals surface area contributed by atoms with Gasteiger partial charge in [-0.3, -0.25) is 0 Å². The fourth-order valence-electron chi connectivity index (χ4n) is 3.32. The summed E-state index contributed by atoms with van der Waals surface area (Å²) in [4.78, 5) is 4.90. The standard InChI is InChI=1S/C14H19FN2/c1-16-8-7-14-11(10-16)6-9-17(14)13-4-2-12(15)3-5-13/h2-5,11,14H,6-10H2,1H3/t11-,14+/m0/s1. The van der Waals surface area contributed by atoms with Crippen LogP contribution in [0.25, 0.3) is 0 Å². The van der Waals surface area contributed by atoms with E-state index in [1.807, 2.05) is 12.1 Å². The Morgan fingerprint density at radius 1 is 1.12 bits per heavy atom. The van der Waals surface area contributed by atoms with Crippen LogP contribution in [-0.2, 0) is 0 Å². The van der Waals surface area contributed by atoms with E-state index < -0.39 is 0 Å². The number of rotatable bonds is 1. The number of hydrogen-bond donors (Lipinski definition) is 0. The molecule has 0 saturated carbocycles. The Labute approximate surface area is 102 Å². The molecule has 2 fully saturated rings. The highest BCUT2D eigenvalue weighted by Crippen LogP contribution is 2.34. The molecular weight excluding hydrogens is 215 g/mol. The Morgan fingerprint density at radius 2 is 1.88 bits per heavy atom. The number of piperidine rings is 1. The normalized spacial score (nSPS) is 29.4. The number of nitrogens with zero attached hydrogens (tertiary/aromatic N) is 2. The molecule has 2 aliphatic rings. The zero-order chi connectivity index (χ0) is 11.8. The van der Waals surface area contributed by atoms with Gasteiger partial charge in [0.15, 0.2) is 0 Å². The number of halogens is 1. The van der Waals surface area contributed by atoms with Crippen molar-refractivity contribution in [1.29, 1.82) is 0 Å². The monoisotopic (exact) mass is 234 g/mol. The summed E-state index contributed by atoms with van der Waals surface area (Å²) >= 11 is 0. The molecule has 2 saturated heterocycles. The summed E-state index contributed by atoms with van der Waals surface area (Å²) in [6, 6.07) is 7.62. The largest absolute Gasteiger partial charge is 0.368 e. The highest BCUT2D eigenvalue weighted by atomic mass is 19.1. The fraction of sp³-hybridized carbons (Fsp3) is 0.571. The van der Waals surface area contributed by atoms with E-state index in [0.717, 1.165) is 12.5 Å². The van der Waals surface area contributed by atoms with Gasteiger partial charge in [0.1, 0.15) is 5.82 Å². The average molecular weight is 234 g/mol. The van der Waals surface area contributed by atoms with E-state index in [9.17, 15) is 4.39 Å². The first kappa shape index (κ1) is 11.0. The Morgan fingerprint density at radius 3 is 2.65 bits per heavy atom. The third kappa shape index (κ3) is 2.04. The second-order valence-electron chi connectivity index (χ2n) is 5.34. The molecule has 2 atom stereocenters. The smallest absolute Gasteiger partial charge is 0.123 e. The molecule has 0 aliphatic carbocycles. The molecule has 3 heteroatoms. The Balaban J connectivity index is 1.79. The third-order valence-electron chi connectivity index (χ3n) is 4.20. The van der Waals surface area contributed by atoms with E-state index in [1.165, 1.54) is 31.6 Å². The highest BCUT2D eigenvalue weighted by Gasteiger charge is 2.37. The summed E-state index contributed by atoms with van der Waals surface area (Å²) < 4.78 is 12.9. The van der Waals surface area contributed by atoms with E-state index in [1.54, 1.807) is 12.1 Å². The molecular formula is C14H19FN2. The van der Waals surface area contributed by atoms with Crippen molar-refractivity contribution in [2.24, 2.45) is 5.92 Å². The van der Waals surface area contributed by atoms with Crippen molar-refractivity contribution in [1.82, 2.24) is 4.90 Å². The molecule has 0 unspecified atom stereocenters. The van der Waals surface area contributed by atoms with Crippen LogP contribution in [0.5, 0.6) is 0 Å². The molecule has 0 aromatic heterocycles. The molecule has 1 aromatic rings. The summed E-state index contributed by atoms with van der Waals surface area (Å²) in [5.74, 6) is 0.645. The van der Waals surface area contributed by atoms with Gasteiger partial charge in [-0.25, -0.2) is 4.39 Å². The van der Waals surface area contributed by atoms with Crippen molar-refractivity contribution in [3.05, 3.63) is 30.1 Å². The molecule has 2 heterocycles. The van der Waals surface area contributed by atoms with Gasteiger partial charge in [-0.05, 0) is 56.6 Å². The highest BCUT2D eigenvalue weighted by molar-refractivity contribution is 5.48. The average Bonchev–Trinajstić information content (AvgIpc) is 2.73. The maximum absolute atomic E-state index is 12.9. The summed E-state index contributed by atoms with van der Waals surface area (Å²) in [5, 5.41) is 0. The molecule has 92 valence electrons. The van der Waals surface area contributed by atoms with Crippen molar-refractivity contribution < 1.29 is 4.39 Å². The van der Waals surface area contributed by atoms with Gasteiger partial charge in [0.05, 0.1) is 0 Å². The number of fused-ring (bicyclic) bond motifs is 1. The third-order valence-corrected chi connectivity index (χ3v) is 4.20. The van der Waals surface area contributed by atoms with E-state index in [2.05, 4.69) is 16.8 Å². The van der Waals surface area contributed by atoms with Crippen LogP contribution in [0.2, 0.25) is 0 Å². The van der Waals surface area contributed by atoms with Crippen molar-refractivity contribution in [3.8, 4) is 0 Å². The van der Waals surface area contributed by atoms with Crippen LogP contribution >= 0.6 is 0 Å². The van der Waals surface area contributed by atoms with Gasteiger partial charge in [-0.15, -0.1) is 0 Å². The lowest BCUT2D eigenvalue weighted by Gasteiger charge is -2.37. The zero-order valence-corrected chi connectivity index (χ0v) is 10.3. The molecule has 0 bridgehead atoms. The maximum Gasteiger partial charge on any atom is 0.123 e. The molecule has 0 radical (unpaired) electrons. The minimum Gasteiger partial charge on any atom is -0.368 e.